The maximum absolute atomic E-state index is 15.1. The van der Waals surface area contributed by atoms with Crippen LogP contribution in [0.5, 0.6) is 0 Å². The molecule has 4 atom stereocenters. The lowest BCUT2D eigenvalue weighted by atomic mass is 9.80. The number of aryl methyl sites for hydroxylation is 1. The van der Waals surface area contributed by atoms with Gasteiger partial charge in [0.05, 0.1) is 17.4 Å². The highest BCUT2D eigenvalue weighted by Gasteiger charge is 2.43. The summed E-state index contributed by atoms with van der Waals surface area (Å²) >= 11 is 0. The fourth-order valence-electron chi connectivity index (χ4n) is 6.57. The fraction of sp³-hybridized carbons (Fsp3) is 0.500. The van der Waals surface area contributed by atoms with Gasteiger partial charge in [0.2, 0.25) is 0 Å². The van der Waals surface area contributed by atoms with Crippen LogP contribution >= 0.6 is 0 Å². The molecule has 1 aromatic heterocycles. The van der Waals surface area contributed by atoms with Crippen molar-refractivity contribution in [3.8, 4) is 11.3 Å². The molecule has 0 aliphatic carbocycles. The number of amides is 1. The average molecular weight is 592 g/mol. The van der Waals surface area contributed by atoms with Crippen molar-refractivity contribution in [3.05, 3.63) is 88.9 Å². The van der Waals surface area contributed by atoms with Gasteiger partial charge in [0.15, 0.2) is 0 Å². The van der Waals surface area contributed by atoms with Crippen LogP contribution in [0.2, 0.25) is 0 Å². The molecule has 5 nitrogen and oxygen atoms in total. The first-order valence-corrected chi connectivity index (χ1v) is 15.7. The molecule has 43 heavy (non-hydrogen) atoms. The van der Waals surface area contributed by atoms with Gasteiger partial charge in [-0.1, -0.05) is 76.6 Å². The number of hydrogen-bond donors (Lipinski definition) is 1. The number of aromatic nitrogens is 1. The third kappa shape index (κ3) is 7.32. The van der Waals surface area contributed by atoms with E-state index in [2.05, 4.69) is 51.2 Å². The number of nitrogens with one attached hydrogen (secondary N) is 1. The standard InChI is InChI=1S/C36H45F2N3O2.H2/c1-5-10-25-14-16-28(37)20-29(25)31-17-15-26(19-24-11-7-6-8-12-24)33(40-31)34(36(2,3)4)41(23-27-21-39-22-30(27)38)35(42)32-13-9-18-43-32;/h6-8,11-12,14-17,20,27,30,32,34,39H,5,9-10,13,18-19,21-23H2,1-4H3;1H/t27-,30-,32?,34-;/m0./s1. The first-order chi connectivity index (χ1) is 20.7. The topological polar surface area (TPSA) is 54.5 Å². The minimum absolute atomic E-state index is 0. The number of pyridine rings is 1. The number of carbonyl (C=O) groups is 1. The summed E-state index contributed by atoms with van der Waals surface area (Å²) in [6.45, 7) is 10.1. The van der Waals surface area contributed by atoms with E-state index >= 15 is 4.39 Å². The van der Waals surface area contributed by atoms with E-state index in [0.29, 0.717) is 38.2 Å². The zero-order chi connectivity index (χ0) is 30.6. The highest BCUT2D eigenvalue weighted by atomic mass is 19.1. The minimum Gasteiger partial charge on any atom is -0.368 e. The third-order valence-corrected chi connectivity index (χ3v) is 8.68. The van der Waals surface area contributed by atoms with E-state index < -0.39 is 23.7 Å². The molecule has 5 rings (SSSR count). The average Bonchev–Trinajstić information content (AvgIpc) is 3.66. The number of halogens is 2. The number of rotatable bonds is 10. The normalized spacial score (nSPS) is 21.2. The molecule has 1 N–H and O–H groups in total. The molecule has 0 bridgehead atoms. The zero-order valence-electron chi connectivity index (χ0n) is 25.9. The maximum atomic E-state index is 15.1. The van der Waals surface area contributed by atoms with E-state index in [1.54, 1.807) is 6.07 Å². The molecule has 0 radical (unpaired) electrons. The SMILES string of the molecule is CCCc1ccc(F)cc1-c1ccc(Cc2ccccc2)c([C@H](N(C[C@@H]2CNC[C@@H]2F)C(=O)C2CCCO2)C(C)(C)C)n1.[HH]. The third-order valence-electron chi connectivity index (χ3n) is 8.68. The summed E-state index contributed by atoms with van der Waals surface area (Å²) in [5.74, 6) is -0.737. The predicted octanol–water partition coefficient (Wildman–Crippen LogP) is 7.33. The molecule has 0 saturated carbocycles. The van der Waals surface area contributed by atoms with Crippen molar-refractivity contribution in [1.82, 2.24) is 15.2 Å². The summed E-state index contributed by atoms with van der Waals surface area (Å²) < 4.78 is 35.6. The van der Waals surface area contributed by atoms with Crippen molar-refractivity contribution in [2.75, 3.05) is 26.2 Å². The van der Waals surface area contributed by atoms with Crippen molar-refractivity contribution >= 4 is 5.91 Å². The number of nitrogens with zero attached hydrogens (tertiary/aromatic N) is 2. The monoisotopic (exact) mass is 591 g/mol. The number of alkyl halides is 1. The van der Waals surface area contributed by atoms with Gasteiger partial charge in [0, 0.05) is 39.1 Å². The highest BCUT2D eigenvalue weighted by molar-refractivity contribution is 5.82. The van der Waals surface area contributed by atoms with Gasteiger partial charge >= 0.3 is 0 Å². The van der Waals surface area contributed by atoms with Gasteiger partial charge in [0.1, 0.15) is 18.1 Å². The molecule has 232 valence electrons. The molecule has 3 aromatic rings. The van der Waals surface area contributed by atoms with Crippen LogP contribution in [0.15, 0.2) is 60.7 Å². The molecular weight excluding hydrogens is 544 g/mol. The quantitative estimate of drug-likeness (QED) is 0.268. The van der Waals surface area contributed by atoms with Crippen LogP contribution in [0.4, 0.5) is 8.78 Å². The van der Waals surface area contributed by atoms with Gasteiger partial charge < -0.3 is 15.0 Å². The minimum atomic E-state index is -1.03. The van der Waals surface area contributed by atoms with Gasteiger partial charge in [-0.05, 0) is 66.0 Å². The fourth-order valence-corrected chi connectivity index (χ4v) is 6.57. The summed E-state index contributed by atoms with van der Waals surface area (Å²) in [6, 6.07) is 18.7. The number of ether oxygens (including phenoxy) is 1. The van der Waals surface area contributed by atoms with Gasteiger partial charge in [-0.3, -0.25) is 9.78 Å². The van der Waals surface area contributed by atoms with Crippen molar-refractivity contribution in [1.29, 1.82) is 0 Å². The molecule has 2 fully saturated rings. The van der Waals surface area contributed by atoms with E-state index in [1.165, 1.54) is 6.07 Å². The molecule has 7 heteroatoms. The van der Waals surface area contributed by atoms with Crippen molar-refractivity contribution in [3.63, 3.8) is 0 Å². The first kappa shape index (κ1) is 31.3. The van der Waals surface area contributed by atoms with Crippen LogP contribution in [-0.2, 0) is 22.4 Å². The van der Waals surface area contributed by atoms with Crippen LogP contribution in [-0.4, -0.2) is 54.3 Å². The predicted molar refractivity (Wildman–Crippen MR) is 169 cm³/mol. The Morgan fingerprint density at radius 3 is 2.53 bits per heavy atom. The van der Waals surface area contributed by atoms with Crippen molar-refractivity contribution in [2.45, 2.75) is 78.1 Å². The van der Waals surface area contributed by atoms with Gasteiger partial charge in [-0.25, -0.2) is 8.78 Å². The smallest absolute Gasteiger partial charge is 0.252 e. The molecule has 2 aliphatic rings. The van der Waals surface area contributed by atoms with E-state index in [4.69, 9.17) is 9.72 Å². The molecule has 2 aromatic carbocycles. The van der Waals surface area contributed by atoms with Gasteiger partial charge in [0.25, 0.3) is 5.91 Å². The van der Waals surface area contributed by atoms with Gasteiger partial charge in [-0.2, -0.15) is 0 Å². The molecular formula is C36H47F2N3O2. The van der Waals surface area contributed by atoms with Crippen molar-refractivity contribution < 1.29 is 19.7 Å². The zero-order valence-corrected chi connectivity index (χ0v) is 25.9. The Bertz CT molecular complexity index is 1390. The lowest BCUT2D eigenvalue weighted by Crippen LogP contribution is -2.49. The number of benzene rings is 2. The summed E-state index contributed by atoms with van der Waals surface area (Å²) in [6.07, 6.45) is 2.25. The van der Waals surface area contributed by atoms with Gasteiger partial charge in [-0.15, -0.1) is 0 Å². The Hall–Kier alpha value is -3.16. The second-order valence-electron chi connectivity index (χ2n) is 13.1. The maximum Gasteiger partial charge on any atom is 0.252 e. The van der Waals surface area contributed by atoms with Crippen molar-refractivity contribution in [2.24, 2.45) is 11.3 Å². The Morgan fingerprint density at radius 2 is 1.88 bits per heavy atom. The lowest BCUT2D eigenvalue weighted by Gasteiger charge is -2.43. The van der Waals surface area contributed by atoms with Crippen LogP contribution in [0.1, 0.15) is 76.8 Å². The molecule has 1 amide bonds. The lowest BCUT2D eigenvalue weighted by molar-refractivity contribution is -0.147. The number of hydrogen-bond acceptors (Lipinski definition) is 4. The summed E-state index contributed by atoms with van der Waals surface area (Å²) in [5.41, 5.74) is 4.93. The Morgan fingerprint density at radius 1 is 1.12 bits per heavy atom. The molecule has 3 heterocycles. The summed E-state index contributed by atoms with van der Waals surface area (Å²) in [5, 5.41) is 3.16. The first-order valence-electron chi connectivity index (χ1n) is 15.7. The van der Waals surface area contributed by atoms with E-state index in [0.717, 1.165) is 47.2 Å². The Kier molecular flexibility index (Phi) is 9.92. The summed E-state index contributed by atoms with van der Waals surface area (Å²) in [4.78, 5) is 21.5. The van der Waals surface area contributed by atoms with Crippen LogP contribution < -0.4 is 5.32 Å². The van der Waals surface area contributed by atoms with Crippen LogP contribution in [0.25, 0.3) is 11.3 Å². The van der Waals surface area contributed by atoms with E-state index in [1.807, 2.05) is 35.2 Å². The Balaban J connectivity index is 0.00000442. The largest absolute Gasteiger partial charge is 0.368 e. The molecule has 2 aliphatic heterocycles. The van der Waals surface area contributed by atoms with E-state index in [9.17, 15) is 9.18 Å². The highest BCUT2D eigenvalue weighted by Crippen LogP contribution is 2.42. The van der Waals surface area contributed by atoms with E-state index in [-0.39, 0.29) is 25.6 Å². The second-order valence-corrected chi connectivity index (χ2v) is 13.1. The molecule has 2 saturated heterocycles. The molecule has 0 spiro atoms. The molecule has 1 unspecified atom stereocenters. The van der Waals surface area contributed by atoms with Crippen LogP contribution in [0.3, 0.4) is 0 Å². The second kappa shape index (κ2) is 13.6. The van der Waals surface area contributed by atoms with Crippen LogP contribution in [0, 0.1) is 17.2 Å². The Labute approximate surface area is 256 Å². The summed E-state index contributed by atoms with van der Waals surface area (Å²) in [7, 11) is 0. The number of carbonyl (C=O) groups excluding carboxylic acids is 1.